The van der Waals surface area contributed by atoms with Crippen LogP contribution in [0.25, 0.3) is 22.4 Å². The summed E-state index contributed by atoms with van der Waals surface area (Å²) in [6, 6.07) is 20.1. The Morgan fingerprint density at radius 2 is 1.56 bits per heavy atom. The van der Waals surface area contributed by atoms with Gasteiger partial charge < -0.3 is 4.74 Å². The van der Waals surface area contributed by atoms with E-state index in [1.54, 1.807) is 0 Å². The number of carbonyl (C=O) groups excluding carboxylic acids is 1. The van der Waals surface area contributed by atoms with Crippen LogP contribution in [-0.4, -0.2) is 16.6 Å². The Hall–Kier alpha value is -2.88. The van der Waals surface area contributed by atoms with E-state index in [4.69, 9.17) is 4.74 Å². The third kappa shape index (κ3) is 4.36. The fourth-order valence-corrected chi connectivity index (χ4v) is 5.48. The first-order valence-corrected chi connectivity index (χ1v) is 12.2. The molecular formula is C28H33N2O2+. The summed E-state index contributed by atoms with van der Waals surface area (Å²) in [5, 5.41) is 0. The van der Waals surface area contributed by atoms with Crippen molar-refractivity contribution in [3.8, 4) is 22.4 Å². The van der Waals surface area contributed by atoms with Gasteiger partial charge in [-0.2, -0.15) is 0 Å². The number of fused-ring (bicyclic) bond motifs is 1. The van der Waals surface area contributed by atoms with Crippen LogP contribution >= 0.6 is 0 Å². The van der Waals surface area contributed by atoms with Crippen molar-refractivity contribution in [2.24, 2.45) is 0 Å². The van der Waals surface area contributed by atoms with E-state index >= 15 is 0 Å². The Morgan fingerprint density at radius 3 is 2.28 bits per heavy atom. The zero-order chi connectivity index (χ0) is 21.9. The molecule has 1 fully saturated rings. The summed E-state index contributed by atoms with van der Waals surface area (Å²) in [7, 11) is 0. The molecule has 5 rings (SSSR count). The Labute approximate surface area is 190 Å². The van der Waals surface area contributed by atoms with Crippen LogP contribution in [-0.2, 0) is 22.5 Å². The summed E-state index contributed by atoms with van der Waals surface area (Å²) in [5.74, 6) is 1.32. The molecule has 1 saturated carbocycles. The Balaban J connectivity index is 1.43. The van der Waals surface area contributed by atoms with Gasteiger partial charge in [0, 0.05) is 18.9 Å². The summed E-state index contributed by atoms with van der Waals surface area (Å²) in [6.07, 6.45) is 11.5. The molecule has 0 spiro atoms. The number of hydrogen-bond acceptors (Lipinski definition) is 2. The zero-order valence-corrected chi connectivity index (χ0v) is 19.0. The van der Waals surface area contributed by atoms with Crippen LogP contribution in [0.4, 0.5) is 0 Å². The molecule has 0 amide bonds. The van der Waals surface area contributed by atoms with Gasteiger partial charge >= 0.3 is 5.97 Å². The van der Waals surface area contributed by atoms with Crippen LogP contribution < -0.4 is 4.57 Å². The average Bonchev–Trinajstić information content (AvgIpc) is 3.00. The number of carbonyl (C=O) groups is 1. The maximum Gasteiger partial charge on any atom is 0.302 e. The highest BCUT2D eigenvalue weighted by molar-refractivity contribution is 5.68. The molecule has 2 aliphatic rings. The Bertz CT molecular complexity index is 1060. The van der Waals surface area contributed by atoms with E-state index in [9.17, 15) is 4.79 Å². The number of esters is 1. The lowest BCUT2D eigenvalue weighted by molar-refractivity contribution is -0.732. The molecule has 0 atom stereocenters. The lowest BCUT2D eigenvalue weighted by atomic mass is 9.92. The molecule has 2 aromatic carbocycles. The molecule has 1 aliphatic carbocycles. The van der Waals surface area contributed by atoms with Crippen molar-refractivity contribution in [3.63, 3.8) is 0 Å². The van der Waals surface area contributed by atoms with Crippen LogP contribution in [0, 0.1) is 0 Å². The van der Waals surface area contributed by atoms with Crippen molar-refractivity contribution in [2.45, 2.75) is 77.0 Å². The van der Waals surface area contributed by atoms with Crippen LogP contribution in [0.2, 0.25) is 0 Å². The third-order valence-corrected chi connectivity index (χ3v) is 7.10. The Morgan fingerprint density at radius 1 is 0.875 bits per heavy atom. The lowest BCUT2D eigenvalue weighted by Crippen LogP contribution is -2.44. The number of aromatic nitrogens is 2. The van der Waals surface area contributed by atoms with Crippen molar-refractivity contribution < 1.29 is 14.1 Å². The van der Waals surface area contributed by atoms with Gasteiger partial charge in [-0.15, -0.1) is 0 Å². The van der Waals surface area contributed by atoms with Gasteiger partial charge in [0.15, 0.2) is 5.69 Å². The van der Waals surface area contributed by atoms with Crippen LogP contribution in [0.5, 0.6) is 0 Å². The largest absolute Gasteiger partial charge is 0.463 e. The van der Waals surface area contributed by atoms with Gasteiger partial charge in [0.2, 0.25) is 0 Å². The first-order valence-electron chi connectivity index (χ1n) is 12.2. The van der Waals surface area contributed by atoms with Gasteiger partial charge in [0.05, 0.1) is 6.54 Å². The van der Waals surface area contributed by atoms with E-state index in [1.165, 1.54) is 54.4 Å². The zero-order valence-electron chi connectivity index (χ0n) is 19.0. The summed E-state index contributed by atoms with van der Waals surface area (Å²) in [4.78, 5) is 11.3. The minimum absolute atomic E-state index is 0.0931. The number of ether oxygens (including phenoxy) is 1. The second-order valence-corrected chi connectivity index (χ2v) is 9.28. The van der Waals surface area contributed by atoms with Crippen LogP contribution in [0.1, 0.15) is 63.7 Å². The van der Waals surface area contributed by atoms with Crippen molar-refractivity contribution in [1.29, 1.82) is 0 Å². The van der Waals surface area contributed by atoms with Gasteiger partial charge in [0.1, 0.15) is 18.3 Å². The molecule has 2 heterocycles. The molecule has 0 unspecified atom stereocenters. The molecule has 32 heavy (non-hydrogen) atoms. The smallest absolute Gasteiger partial charge is 0.302 e. The summed E-state index contributed by atoms with van der Waals surface area (Å²) in [5.41, 5.74) is 5.14. The number of rotatable bonds is 4. The monoisotopic (exact) mass is 429 g/mol. The Kier molecular flexibility index (Phi) is 6.11. The molecule has 1 aromatic heterocycles. The predicted molar refractivity (Wildman–Crippen MR) is 126 cm³/mol. The molecule has 0 saturated heterocycles. The molecule has 4 nitrogen and oxygen atoms in total. The molecule has 166 valence electrons. The second kappa shape index (κ2) is 9.32. The van der Waals surface area contributed by atoms with Crippen LogP contribution in [0.3, 0.4) is 0 Å². The third-order valence-electron chi connectivity index (χ3n) is 7.10. The van der Waals surface area contributed by atoms with Crippen molar-refractivity contribution in [1.82, 2.24) is 4.57 Å². The highest BCUT2D eigenvalue weighted by Gasteiger charge is 2.33. The van der Waals surface area contributed by atoms with Gasteiger partial charge in [-0.25, -0.2) is 9.13 Å². The quantitative estimate of drug-likeness (QED) is 0.383. The van der Waals surface area contributed by atoms with Crippen molar-refractivity contribution in [3.05, 3.63) is 66.6 Å². The second-order valence-electron chi connectivity index (χ2n) is 9.28. The van der Waals surface area contributed by atoms with Crippen LogP contribution in [0.15, 0.2) is 60.8 Å². The number of benzene rings is 2. The summed E-state index contributed by atoms with van der Waals surface area (Å²) in [6.45, 7) is 2.62. The van der Waals surface area contributed by atoms with Gasteiger partial charge in [-0.1, -0.05) is 42.5 Å². The summed E-state index contributed by atoms with van der Waals surface area (Å²) < 4.78 is 10.6. The summed E-state index contributed by atoms with van der Waals surface area (Å²) >= 11 is 0. The standard InChI is InChI=1S/C28H33N2O2/c1-21(31)32-26-17-15-25(16-18-26)30-20-27(29-19-7-3-6-10-28(29)30)24-13-11-23(12-14-24)22-8-4-2-5-9-22/h2,4-5,8-9,11-14,20,25-26H,3,6-7,10,15-19H2,1H3/q+1. The number of imidazole rings is 1. The molecule has 3 aromatic rings. The fourth-order valence-electron chi connectivity index (χ4n) is 5.48. The molecular weight excluding hydrogens is 396 g/mol. The predicted octanol–water partition coefficient (Wildman–Crippen LogP) is 5.88. The molecule has 1 aliphatic heterocycles. The lowest BCUT2D eigenvalue weighted by Gasteiger charge is -2.26. The first-order chi connectivity index (χ1) is 15.7. The topological polar surface area (TPSA) is 35.1 Å². The van der Waals surface area contributed by atoms with E-state index < -0.39 is 0 Å². The number of nitrogens with zero attached hydrogens (tertiary/aromatic N) is 2. The fraction of sp³-hybridized carbons (Fsp3) is 0.429. The minimum Gasteiger partial charge on any atom is -0.463 e. The van der Waals surface area contributed by atoms with E-state index in [2.05, 4.69) is 69.9 Å². The van der Waals surface area contributed by atoms with Gasteiger partial charge in [0.25, 0.3) is 5.82 Å². The van der Waals surface area contributed by atoms with Crippen molar-refractivity contribution in [2.75, 3.05) is 0 Å². The van der Waals surface area contributed by atoms with E-state index in [0.29, 0.717) is 6.04 Å². The SMILES string of the molecule is CC(=O)OC1CCC([n+]2cc(-c3ccc(-c4ccccc4)cc3)n3c2CCCCC3)CC1. The molecule has 0 radical (unpaired) electrons. The van der Waals surface area contributed by atoms with Gasteiger partial charge in [-0.3, -0.25) is 4.79 Å². The molecule has 0 bridgehead atoms. The average molecular weight is 430 g/mol. The normalized spacial score (nSPS) is 20.9. The van der Waals surface area contributed by atoms with E-state index in [0.717, 1.165) is 38.6 Å². The highest BCUT2D eigenvalue weighted by atomic mass is 16.5. The first kappa shape index (κ1) is 21.0. The molecule has 4 heteroatoms. The van der Waals surface area contributed by atoms with E-state index in [-0.39, 0.29) is 12.1 Å². The van der Waals surface area contributed by atoms with E-state index in [1.807, 2.05) is 0 Å². The molecule has 0 N–H and O–H groups in total. The highest BCUT2D eigenvalue weighted by Crippen LogP contribution is 2.31. The maximum absolute atomic E-state index is 11.3. The van der Waals surface area contributed by atoms with Gasteiger partial charge in [-0.05, 0) is 68.2 Å². The number of hydrogen-bond donors (Lipinski definition) is 0. The van der Waals surface area contributed by atoms with Crippen molar-refractivity contribution >= 4 is 5.97 Å². The minimum atomic E-state index is -0.153. The maximum atomic E-state index is 11.3.